The summed E-state index contributed by atoms with van der Waals surface area (Å²) >= 11 is 17.0. The predicted molar refractivity (Wildman–Crippen MR) is 156 cm³/mol. The number of H-pyrrole nitrogens is 1. The van der Waals surface area contributed by atoms with Gasteiger partial charge < -0.3 is 20.9 Å². The molecule has 0 amide bonds. The van der Waals surface area contributed by atoms with Gasteiger partial charge in [0.05, 0.1) is 10.0 Å². The molecule has 0 aliphatic heterocycles. The van der Waals surface area contributed by atoms with E-state index in [2.05, 4.69) is 50.8 Å². The Bertz CT molecular complexity index is 1820. The largest absolute Gasteiger partial charge is 0.361 e. The summed E-state index contributed by atoms with van der Waals surface area (Å²) in [6.07, 6.45) is 4.54. The highest BCUT2D eigenvalue weighted by molar-refractivity contribution is 6.31. The van der Waals surface area contributed by atoms with Crippen LogP contribution in [0, 0.1) is 11.6 Å². The molecular formula is C26H17Cl3F2N10. The van der Waals surface area contributed by atoms with Gasteiger partial charge in [0, 0.05) is 34.2 Å². The molecule has 15 heteroatoms. The van der Waals surface area contributed by atoms with Crippen molar-refractivity contribution < 1.29 is 8.78 Å². The summed E-state index contributed by atoms with van der Waals surface area (Å²) in [5, 5.41) is 10.1. The number of benzene rings is 3. The smallest absolute Gasteiger partial charge is 0.232 e. The lowest BCUT2D eigenvalue weighted by atomic mass is 10.2. The topological polar surface area (TPSA) is 129 Å². The van der Waals surface area contributed by atoms with Gasteiger partial charge in [0.25, 0.3) is 0 Å². The predicted octanol–water partition coefficient (Wildman–Crippen LogP) is 7.69. The first-order valence-electron chi connectivity index (χ1n) is 11.6. The second-order valence-electron chi connectivity index (χ2n) is 8.12. The second-order valence-corrected chi connectivity index (χ2v) is 9.28. The van der Waals surface area contributed by atoms with E-state index in [4.69, 9.17) is 34.8 Å². The minimum Gasteiger partial charge on any atom is -0.361 e. The maximum atomic E-state index is 13.2. The molecule has 0 fully saturated rings. The Morgan fingerprint density at radius 3 is 1.66 bits per heavy atom. The van der Waals surface area contributed by atoms with Gasteiger partial charge in [-0.15, -0.1) is 0 Å². The van der Waals surface area contributed by atoms with Gasteiger partial charge in [-0.25, -0.2) is 28.7 Å². The number of rotatable bonds is 6. The number of fused-ring (bicyclic) bond motifs is 1. The van der Waals surface area contributed by atoms with E-state index in [-0.39, 0.29) is 21.3 Å². The zero-order chi connectivity index (χ0) is 28.8. The Morgan fingerprint density at radius 1 is 0.585 bits per heavy atom. The van der Waals surface area contributed by atoms with E-state index in [0.717, 1.165) is 16.6 Å². The quantitative estimate of drug-likeness (QED) is 0.149. The van der Waals surface area contributed by atoms with Crippen molar-refractivity contribution in [1.82, 2.24) is 34.9 Å². The average molecular weight is 614 g/mol. The third-order valence-corrected chi connectivity index (χ3v) is 6.04. The number of hydrogen-bond donors (Lipinski definition) is 4. The van der Waals surface area contributed by atoms with Crippen LogP contribution in [0.15, 0.2) is 79.5 Å². The van der Waals surface area contributed by atoms with Crippen LogP contribution >= 0.6 is 34.8 Å². The van der Waals surface area contributed by atoms with Crippen molar-refractivity contribution in [2.75, 3.05) is 16.0 Å². The molecule has 10 nitrogen and oxygen atoms in total. The van der Waals surface area contributed by atoms with Crippen LogP contribution in [0.3, 0.4) is 0 Å². The Morgan fingerprint density at radius 2 is 1.10 bits per heavy atom. The van der Waals surface area contributed by atoms with Gasteiger partial charge in [-0.3, -0.25) is 0 Å². The van der Waals surface area contributed by atoms with Gasteiger partial charge >= 0.3 is 0 Å². The second kappa shape index (κ2) is 12.7. The highest BCUT2D eigenvalue weighted by Crippen LogP contribution is 2.24. The summed E-state index contributed by atoms with van der Waals surface area (Å²) in [7, 11) is 0. The van der Waals surface area contributed by atoms with Gasteiger partial charge in [0.2, 0.25) is 23.1 Å². The minimum absolute atomic E-state index is 0.0187. The highest BCUT2D eigenvalue weighted by Gasteiger charge is 2.06. The summed E-state index contributed by atoms with van der Waals surface area (Å²) < 4.78 is 26.1. The van der Waals surface area contributed by atoms with Crippen molar-refractivity contribution in [2.45, 2.75) is 0 Å². The van der Waals surface area contributed by atoms with Crippen molar-refractivity contribution in [3.05, 3.63) is 106 Å². The van der Waals surface area contributed by atoms with Gasteiger partial charge in [0.15, 0.2) is 0 Å². The van der Waals surface area contributed by atoms with Gasteiger partial charge in [-0.05, 0) is 72.3 Å². The fourth-order valence-electron chi connectivity index (χ4n) is 3.42. The number of aromatic amines is 1. The Kier molecular flexibility index (Phi) is 8.63. The summed E-state index contributed by atoms with van der Waals surface area (Å²) in [4.78, 5) is 26.9. The van der Waals surface area contributed by atoms with Gasteiger partial charge in [-0.1, -0.05) is 23.2 Å². The number of anilines is 6. The number of halogens is 5. The number of hydrogen-bond acceptors (Lipinski definition) is 9. The van der Waals surface area contributed by atoms with Crippen molar-refractivity contribution in [3.8, 4) is 0 Å². The van der Waals surface area contributed by atoms with Crippen LogP contribution < -0.4 is 16.0 Å². The van der Waals surface area contributed by atoms with E-state index in [9.17, 15) is 8.78 Å². The van der Waals surface area contributed by atoms with Crippen molar-refractivity contribution in [1.29, 1.82) is 0 Å². The molecule has 0 saturated carbocycles. The van der Waals surface area contributed by atoms with E-state index < -0.39 is 11.6 Å². The normalized spacial score (nSPS) is 10.6. The standard InChI is InChI=1S/C17H12ClFN6.C9H5Cl2FN4/c18-13-8-12(1-3-14(13)19)24-17-22-9-21-16(25-17)23-11-2-4-15-10(7-11)5-6-20-15;10-6-3-5(1-2-7(6)12)15-9-14-4-13-8(11)16-9/h1-9,20H,(H2,21,22,23,24,25);1-4H,(H,13,14,15,16). The molecule has 0 unspecified atom stereocenters. The van der Waals surface area contributed by atoms with E-state index in [1.165, 1.54) is 43.0 Å². The summed E-state index contributed by atoms with van der Waals surface area (Å²) in [6.45, 7) is 0. The lowest BCUT2D eigenvalue weighted by Crippen LogP contribution is -2.02. The first-order chi connectivity index (χ1) is 19.8. The first kappa shape index (κ1) is 27.9. The fourth-order valence-corrected chi connectivity index (χ4v) is 3.90. The third kappa shape index (κ3) is 7.51. The molecule has 0 bridgehead atoms. The molecule has 206 valence electrons. The van der Waals surface area contributed by atoms with Crippen LogP contribution in [0.25, 0.3) is 10.9 Å². The zero-order valence-electron chi connectivity index (χ0n) is 20.6. The number of nitrogens with zero attached hydrogens (tertiary/aromatic N) is 6. The summed E-state index contributed by atoms with van der Waals surface area (Å²) in [5.74, 6) is 0.0115. The number of aromatic nitrogens is 7. The van der Waals surface area contributed by atoms with Gasteiger partial charge in [0.1, 0.15) is 24.3 Å². The molecule has 0 spiro atoms. The molecule has 6 rings (SSSR count). The summed E-state index contributed by atoms with van der Waals surface area (Å²) in [6, 6.07) is 16.3. The first-order valence-corrected chi connectivity index (χ1v) is 12.8. The van der Waals surface area contributed by atoms with Crippen molar-refractivity contribution in [2.24, 2.45) is 0 Å². The molecule has 0 atom stereocenters. The third-order valence-electron chi connectivity index (χ3n) is 5.28. The fraction of sp³-hybridized carbons (Fsp3) is 0. The molecule has 4 N–H and O–H groups in total. The van der Waals surface area contributed by atoms with E-state index in [1.807, 2.05) is 30.5 Å². The van der Waals surface area contributed by atoms with Crippen molar-refractivity contribution >= 4 is 80.6 Å². The molecule has 3 aromatic heterocycles. The molecule has 0 radical (unpaired) electrons. The molecule has 3 aromatic carbocycles. The Hall–Kier alpha value is -4.65. The van der Waals surface area contributed by atoms with E-state index in [0.29, 0.717) is 23.3 Å². The molecular weight excluding hydrogens is 597 g/mol. The molecule has 3 heterocycles. The van der Waals surface area contributed by atoms with Crippen LogP contribution in [0.1, 0.15) is 0 Å². The molecule has 6 aromatic rings. The average Bonchev–Trinajstić information content (AvgIpc) is 3.42. The van der Waals surface area contributed by atoms with Crippen LogP contribution in [0.5, 0.6) is 0 Å². The summed E-state index contributed by atoms with van der Waals surface area (Å²) in [5.41, 5.74) is 3.05. The van der Waals surface area contributed by atoms with Crippen molar-refractivity contribution in [3.63, 3.8) is 0 Å². The maximum Gasteiger partial charge on any atom is 0.232 e. The minimum atomic E-state index is -0.485. The monoisotopic (exact) mass is 612 g/mol. The molecule has 41 heavy (non-hydrogen) atoms. The maximum absolute atomic E-state index is 13.2. The molecule has 0 aliphatic rings. The lowest BCUT2D eigenvalue weighted by molar-refractivity contribution is 0.628. The number of nitrogens with one attached hydrogen (secondary N) is 4. The Labute approximate surface area is 246 Å². The van der Waals surface area contributed by atoms with Crippen LogP contribution in [0.2, 0.25) is 15.3 Å². The van der Waals surface area contributed by atoms with Crippen LogP contribution in [-0.2, 0) is 0 Å². The SMILES string of the molecule is Fc1ccc(Nc2ncnc(Cl)n2)cc1Cl.Fc1ccc(Nc2ncnc(Nc3ccc4[nH]ccc4c3)n2)cc1Cl. The van der Waals surface area contributed by atoms with E-state index in [1.54, 1.807) is 6.07 Å². The highest BCUT2D eigenvalue weighted by atomic mass is 35.5. The lowest BCUT2D eigenvalue weighted by Gasteiger charge is -2.08. The van der Waals surface area contributed by atoms with E-state index >= 15 is 0 Å². The van der Waals surface area contributed by atoms with Crippen LogP contribution in [-0.4, -0.2) is 34.9 Å². The molecule has 0 aliphatic carbocycles. The molecule has 0 saturated heterocycles. The Balaban J connectivity index is 0.000000182. The van der Waals surface area contributed by atoms with Crippen LogP contribution in [0.4, 0.5) is 43.7 Å². The van der Waals surface area contributed by atoms with Gasteiger partial charge in [-0.2, -0.15) is 9.97 Å². The zero-order valence-corrected chi connectivity index (χ0v) is 22.8.